The van der Waals surface area contributed by atoms with Crippen molar-refractivity contribution in [1.29, 1.82) is 0 Å². The summed E-state index contributed by atoms with van der Waals surface area (Å²) in [4.78, 5) is 19.7. The van der Waals surface area contributed by atoms with Crippen LogP contribution in [0.2, 0.25) is 0 Å². The Hall–Kier alpha value is -2.50. The van der Waals surface area contributed by atoms with Gasteiger partial charge in [-0.05, 0) is 31.2 Å². The molecular weight excluding hydrogens is 247 g/mol. The van der Waals surface area contributed by atoms with Gasteiger partial charge in [0, 0.05) is 12.7 Å². The van der Waals surface area contributed by atoms with Gasteiger partial charge in [0.25, 0.3) is 5.91 Å². The molecule has 0 unspecified atom stereocenters. The van der Waals surface area contributed by atoms with E-state index in [9.17, 15) is 9.18 Å². The molecule has 0 spiro atoms. The van der Waals surface area contributed by atoms with Gasteiger partial charge in [-0.25, -0.2) is 14.4 Å². The predicted octanol–water partition coefficient (Wildman–Crippen LogP) is 2.30. The van der Waals surface area contributed by atoms with Crippen molar-refractivity contribution in [2.75, 3.05) is 17.2 Å². The second-order valence-corrected chi connectivity index (χ2v) is 3.78. The van der Waals surface area contributed by atoms with Gasteiger partial charge in [-0.2, -0.15) is 0 Å². The molecule has 0 radical (unpaired) electrons. The number of hydrogen-bond acceptors (Lipinski definition) is 4. The molecule has 1 amide bonds. The number of pyridine rings is 2. The number of amides is 1. The Morgan fingerprint density at radius 3 is 2.47 bits per heavy atom. The quantitative estimate of drug-likeness (QED) is 0.885. The summed E-state index contributed by atoms with van der Waals surface area (Å²) >= 11 is 0. The Morgan fingerprint density at radius 2 is 1.89 bits per heavy atom. The molecule has 0 aliphatic rings. The van der Waals surface area contributed by atoms with Crippen LogP contribution in [-0.4, -0.2) is 22.4 Å². The highest BCUT2D eigenvalue weighted by Gasteiger charge is 2.07. The number of nitrogens with one attached hydrogen (secondary N) is 2. The van der Waals surface area contributed by atoms with Crippen LogP contribution in [0.5, 0.6) is 0 Å². The van der Waals surface area contributed by atoms with E-state index in [-0.39, 0.29) is 5.91 Å². The van der Waals surface area contributed by atoms with Crippen molar-refractivity contribution in [2.45, 2.75) is 6.92 Å². The molecule has 0 aromatic carbocycles. The highest BCUT2D eigenvalue weighted by molar-refractivity contribution is 6.03. The lowest BCUT2D eigenvalue weighted by atomic mass is 10.2. The molecule has 6 heteroatoms. The second-order valence-electron chi connectivity index (χ2n) is 3.78. The maximum absolute atomic E-state index is 12.7. The minimum atomic E-state index is -0.449. The molecule has 0 atom stereocenters. The van der Waals surface area contributed by atoms with E-state index >= 15 is 0 Å². The number of rotatable bonds is 4. The summed E-state index contributed by atoms with van der Waals surface area (Å²) in [5.74, 6) is 0.213. The zero-order chi connectivity index (χ0) is 13.7. The van der Waals surface area contributed by atoms with Crippen LogP contribution in [0.25, 0.3) is 0 Å². The normalized spacial score (nSPS) is 10.0. The van der Waals surface area contributed by atoms with Crippen molar-refractivity contribution in [3.8, 4) is 0 Å². The Bertz CT molecular complexity index is 554. The fourth-order valence-corrected chi connectivity index (χ4v) is 1.45. The average molecular weight is 260 g/mol. The fourth-order valence-electron chi connectivity index (χ4n) is 1.45. The van der Waals surface area contributed by atoms with Crippen molar-refractivity contribution >= 4 is 17.5 Å². The average Bonchev–Trinajstić information content (AvgIpc) is 2.42. The SMILES string of the molecule is CCNc1ccc(C(=O)Nc2ccc(F)cn2)cn1. The lowest BCUT2D eigenvalue weighted by Crippen LogP contribution is -2.13. The standard InChI is InChI=1S/C13H13FN4O/c1-2-15-11-5-3-9(7-16-11)13(19)18-12-6-4-10(14)8-17-12/h3-8H,2H2,1H3,(H,15,16)(H,17,18,19). The molecule has 19 heavy (non-hydrogen) atoms. The van der Waals surface area contributed by atoms with E-state index in [1.54, 1.807) is 12.1 Å². The van der Waals surface area contributed by atoms with Gasteiger partial charge in [0.05, 0.1) is 11.8 Å². The maximum atomic E-state index is 12.7. The van der Waals surface area contributed by atoms with Crippen LogP contribution in [0.3, 0.4) is 0 Å². The zero-order valence-corrected chi connectivity index (χ0v) is 10.4. The summed E-state index contributed by atoms with van der Waals surface area (Å²) in [5, 5.41) is 5.59. The monoisotopic (exact) mass is 260 g/mol. The van der Waals surface area contributed by atoms with Crippen LogP contribution in [0.1, 0.15) is 17.3 Å². The van der Waals surface area contributed by atoms with E-state index < -0.39 is 5.82 Å². The van der Waals surface area contributed by atoms with E-state index in [1.165, 1.54) is 18.3 Å². The Morgan fingerprint density at radius 1 is 1.16 bits per heavy atom. The first-order valence-corrected chi connectivity index (χ1v) is 5.82. The van der Waals surface area contributed by atoms with E-state index in [0.717, 1.165) is 12.7 Å². The summed E-state index contributed by atoms with van der Waals surface area (Å²) in [5.41, 5.74) is 0.410. The molecule has 2 aromatic rings. The van der Waals surface area contributed by atoms with Gasteiger partial charge in [-0.1, -0.05) is 0 Å². The van der Waals surface area contributed by atoms with Crippen LogP contribution in [0, 0.1) is 5.82 Å². The smallest absolute Gasteiger partial charge is 0.258 e. The van der Waals surface area contributed by atoms with Crippen molar-refractivity contribution in [3.05, 3.63) is 48.0 Å². The number of nitrogens with zero attached hydrogens (tertiary/aromatic N) is 2. The molecule has 0 bridgehead atoms. The molecule has 2 rings (SSSR count). The maximum Gasteiger partial charge on any atom is 0.258 e. The van der Waals surface area contributed by atoms with Crippen molar-refractivity contribution in [1.82, 2.24) is 9.97 Å². The summed E-state index contributed by atoms with van der Waals surface area (Å²) < 4.78 is 12.7. The number of hydrogen-bond donors (Lipinski definition) is 2. The van der Waals surface area contributed by atoms with Crippen molar-refractivity contribution in [3.63, 3.8) is 0 Å². The Kier molecular flexibility index (Phi) is 4.02. The van der Waals surface area contributed by atoms with Gasteiger partial charge in [-0.15, -0.1) is 0 Å². The first-order chi connectivity index (χ1) is 9.19. The van der Waals surface area contributed by atoms with Gasteiger partial charge in [0.1, 0.15) is 17.5 Å². The number of carbonyl (C=O) groups excluding carboxylic acids is 1. The Balaban J connectivity index is 2.05. The van der Waals surface area contributed by atoms with Crippen LogP contribution >= 0.6 is 0 Å². The minimum absolute atomic E-state index is 0.294. The molecule has 2 heterocycles. The number of halogens is 1. The zero-order valence-electron chi connectivity index (χ0n) is 10.4. The first-order valence-electron chi connectivity index (χ1n) is 5.82. The Labute approximate surface area is 109 Å². The van der Waals surface area contributed by atoms with E-state index in [0.29, 0.717) is 17.2 Å². The first kappa shape index (κ1) is 12.9. The molecule has 0 aliphatic carbocycles. The largest absolute Gasteiger partial charge is 0.370 e. The molecule has 0 saturated heterocycles. The van der Waals surface area contributed by atoms with Gasteiger partial charge < -0.3 is 10.6 Å². The highest BCUT2D eigenvalue weighted by atomic mass is 19.1. The van der Waals surface area contributed by atoms with Gasteiger partial charge in [0.15, 0.2) is 0 Å². The minimum Gasteiger partial charge on any atom is -0.370 e. The topological polar surface area (TPSA) is 66.9 Å². The highest BCUT2D eigenvalue weighted by Crippen LogP contribution is 2.08. The van der Waals surface area contributed by atoms with Crippen LogP contribution in [-0.2, 0) is 0 Å². The van der Waals surface area contributed by atoms with E-state index in [1.807, 2.05) is 6.92 Å². The third-order valence-corrected chi connectivity index (χ3v) is 2.35. The second kappa shape index (κ2) is 5.90. The van der Waals surface area contributed by atoms with Crippen molar-refractivity contribution in [2.24, 2.45) is 0 Å². The lowest BCUT2D eigenvalue weighted by Gasteiger charge is -2.05. The third-order valence-electron chi connectivity index (χ3n) is 2.35. The summed E-state index contributed by atoms with van der Waals surface area (Å²) in [6, 6.07) is 6.00. The van der Waals surface area contributed by atoms with E-state index in [4.69, 9.17) is 0 Å². The summed E-state index contributed by atoms with van der Waals surface area (Å²) in [7, 11) is 0. The van der Waals surface area contributed by atoms with Gasteiger partial charge in [-0.3, -0.25) is 4.79 Å². The third kappa shape index (κ3) is 3.48. The molecule has 0 fully saturated rings. The lowest BCUT2D eigenvalue weighted by molar-refractivity contribution is 0.102. The predicted molar refractivity (Wildman–Crippen MR) is 70.5 cm³/mol. The number of aromatic nitrogens is 2. The molecule has 2 aromatic heterocycles. The molecule has 0 saturated carbocycles. The summed E-state index contributed by atoms with van der Waals surface area (Å²) in [6.45, 7) is 2.72. The van der Waals surface area contributed by atoms with Gasteiger partial charge >= 0.3 is 0 Å². The van der Waals surface area contributed by atoms with Crippen LogP contribution in [0.4, 0.5) is 16.0 Å². The number of anilines is 2. The van der Waals surface area contributed by atoms with Crippen LogP contribution < -0.4 is 10.6 Å². The van der Waals surface area contributed by atoms with E-state index in [2.05, 4.69) is 20.6 Å². The number of carbonyl (C=O) groups is 1. The fraction of sp³-hybridized carbons (Fsp3) is 0.154. The molecular formula is C13H13FN4O. The molecule has 5 nitrogen and oxygen atoms in total. The molecule has 2 N–H and O–H groups in total. The van der Waals surface area contributed by atoms with Crippen molar-refractivity contribution < 1.29 is 9.18 Å². The molecule has 98 valence electrons. The van der Waals surface area contributed by atoms with Gasteiger partial charge in [0.2, 0.25) is 0 Å². The van der Waals surface area contributed by atoms with Crippen LogP contribution in [0.15, 0.2) is 36.7 Å². The summed E-state index contributed by atoms with van der Waals surface area (Å²) in [6.07, 6.45) is 2.51. The molecule has 0 aliphatic heterocycles.